The first-order chi connectivity index (χ1) is 10.1. The number of rotatable bonds is 2. The van der Waals surface area contributed by atoms with E-state index in [0.29, 0.717) is 12.0 Å². The van der Waals surface area contributed by atoms with E-state index >= 15 is 0 Å². The van der Waals surface area contributed by atoms with Gasteiger partial charge in [-0.25, -0.2) is 4.39 Å². The Labute approximate surface area is 124 Å². The smallest absolute Gasteiger partial charge is 0.254 e. The molecule has 21 heavy (non-hydrogen) atoms. The molecular weight excluding hydrogens is 269 g/mol. The van der Waals surface area contributed by atoms with Crippen LogP contribution in [-0.4, -0.2) is 35.1 Å². The summed E-state index contributed by atoms with van der Waals surface area (Å²) in [5.74, 6) is 4.73. The summed E-state index contributed by atoms with van der Waals surface area (Å²) in [6.07, 6.45) is 3.45. The summed E-state index contributed by atoms with van der Waals surface area (Å²) in [6.45, 7) is 2.72. The fraction of sp³-hybridized carbons (Fsp3) is 0.471. The fourth-order valence-corrected chi connectivity index (χ4v) is 2.53. The Hall–Kier alpha value is -1.86. The molecule has 0 aromatic heterocycles. The van der Waals surface area contributed by atoms with Crippen LogP contribution in [0, 0.1) is 17.7 Å². The number of aliphatic hydroxyl groups excluding tert-OH is 1. The molecule has 1 aromatic carbocycles. The van der Waals surface area contributed by atoms with Crippen LogP contribution in [-0.2, 0) is 0 Å². The van der Waals surface area contributed by atoms with Gasteiger partial charge < -0.3 is 10.0 Å². The molecule has 1 aromatic rings. The van der Waals surface area contributed by atoms with Crippen molar-refractivity contribution < 1.29 is 14.3 Å². The van der Waals surface area contributed by atoms with E-state index in [2.05, 4.69) is 11.8 Å². The SMILES string of the molecule is CC1CCCCN1C(=O)c1ccc(C#CCCO)c(F)c1. The molecule has 112 valence electrons. The summed E-state index contributed by atoms with van der Waals surface area (Å²) < 4.78 is 14.0. The normalized spacial score (nSPS) is 18.0. The number of likely N-dealkylation sites (tertiary alicyclic amines) is 1. The number of hydrogen-bond donors (Lipinski definition) is 1. The number of carbonyl (C=O) groups excluding carboxylic acids is 1. The van der Waals surface area contributed by atoms with Crippen LogP contribution in [0.5, 0.6) is 0 Å². The molecular formula is C17H20FNO2. The summed E-state index contributed by atoms with van der Waals surface area (Å²) in [7, 11) is 0. The highest BCUT2D eigenvalue weighted by Gasteiger charge is 2.24. The van der Waals surface area contributed by atoms with E-state index in [1.807, 2.05) is 11.8 Å². The van der Waals surface area contributed by atoms with Gasteiger partial charge in [-0.3, -0.25) is 4.79 Å². The lowest BCUT2D eigenvalue weighted by Crippen LogP contribution is -2.42. The van der Waals surface area contributed by atoms with Gasteiger partial charge in [0.1, 0.15) is 5.82 Å². The molecule has 0 bridgehead atoms. The highest BCUT2D eigenvalue weighted by Crippen LogP contribution is 2.20. The number of halogens is 1. The summed E-state index contributed by atoms with van der Waals surface area (Å²) in [4.78, 5) is 14.2. The number of benzene rings is 1. The van der Waals surface area contributed by atoms with Gasteiger partial charge in [-0.2, -0.15) is 0 Å². The Bertz CT molecular complexity index is 574. The summed E-state index contributed by atoms with van der Waals surface area (Å²) >= 11 is 0. The molecule has 0 radical (unpaired) electrons. The molecule has 1 heterocycles. The summed E-state index contributed by atoms with van der Waals surface area (Å²) in [5, 5.41) is 8.65. The molecule has 0 aliphatic carbocycles. The molecule has 2 rings (SSSR count). The first kappa shape index (κ1) is 15.5. The van der Waals surface area contributed by atoms with Crippen LogP contribution < -0.4 is 0 Å². The first-order valence-corrected chi connectivity index (χ1v) is 7.33. The van der Waals surface area contributed by atoms with Crippen molar-refractivity contribution in [3.05, 3.63) is 35.1 Å². The van der Waals surface area contributed by atoms with Crippen LogP contribution in [0.2, 0.25) is 0 Å². The van der Waals surface area contributed by atoms with Crippen LogP contribution in [0.1, 0.15) is 48.5 Å². The van der Waals surface area contributed by atoms with E-state index in [0.717, 1.165) is 25.8 Å². The third-order valence-electron chi connectivity index (χ3n) is 3.74. The maximum atomic E-state index is 14.0. The van der Waals surface area contributed by atoms with Crippen molar-refractivity contribution >= 4 is 5.91 Å². The van der Waals surface area contributed by atoms with E-state index in [-0.39, 0.29) is 24.1 Å². The van der Waals surface area contributed by atoms with Gasteiger partial charge in [-0.1, -0.05) is 11.8 Å². The van der Waals surface area contributed by atoms with Crippen molar-refractivity contribution in [2.75, 3.05) is 13.2 Å². The van der Waals surface area contributed by atoms with Crippen LogP contribution >= 0.6 is 0 Å². The quantitative estimate of drug-likeness (QED) is 0.850. The second-order valence-electron chi connectivity index (χ2n) is 5.31. The Kier molecular flexibility index (Phi) is 5.35. The van der Waals surface area contributed by atoms with Crippen molar-refractivity contribution in [1.29, 1.82) is 0 Å². The van der Waals surface area contributed by atoms with Crippen molar-refractivity contribution in [1.82, 2.24) is 4.90 Å². The number of aliphatic hydroxyl groups is 1. The summed E-state index contributed by atoms with van der Waals surface area (Å²) in [6, 6.07) is 4.61. The van der Waals surface area contributed by atoms with Gasteiger partial charge in [0.25, 0.3) is 5.91 Å². The lowest BCUT2D eigenvalue weighted by atomic mass is 10.0. The van der Waals surface area contributed by atoms with E-state index in [1.165, 1.54) is 12.1 Å². The Morgan fingerprint density at radius 3 is 2.95 bits per heavy atom. The minimum Gasteiger partial charge on any atom is -0.395 e. The van der Waals surface area contributed by atoms with Crippen LogP contribution in [0.25, 0.3) is 0 Å². The number of nitrogens with zero attached hydrogens (tertiary/aromatic N) is 1. The van der Waals surface area contributed by atoms with Gasteiger partial charge in [0, 0.05) is 24.6 Å². The van der Waals surface area contributed by atoms with Gasteiger partial charge in [0.15, 0.2) is 0 Å². The molecule has 1 atom stereocenters. The molecule has 3 nitrogen and oxygen atoms in total. The Morgan fingerprint density at radius 1 is 1.48 bits per heavy atom. The zero-order chi connectivity index (χ0) is 15.2. The number of carbonyl (C=O) groups is 1. The van der Waals surface area contributed by atoms with Crippen molar-refractivity contribution in [2.45, 2.75) is 38.6 Å². The van der Waals surface area contributed by atoms with Crippen molar-refractivity contribution in [3.8, 4) is 11.8 Å². The van der Waals surface area contributed by atoms with E-state index in [1.54, 1.807) is 6.07 Å². The third-order valence-corrected chi connectivity index (χ3v) is 3.74. The Balaban J connectivity index is 2.16. The van der Waals surface area contributed by atoms with E-state index < -0.39 is 5.82 Å². The Morgan fingerprint density at radius 2 is 2.29 bits per heavy atom. The lowest BCUT2D eigenvalue weighted by molar-refractivity contribution is 0.0635. The maximum Gasteiger partial charge on any atom is 0.254 e. The average Bonchev–Trinajstić information content (AvgIpc) is 2.49. The van der Waals surface area contributed by atoms with Gasteiger partial charge in [0.05, 0.1) is 12.2 Å². The van der Waals surface area contributed by atoms with Crippen molar-refractivity contribution in [2.24, 2.45) is 0 Å². The zero-order valence-electron chi connectivity index (χ0n) is 12.2. The standard InChI is InChI=1S/C17H20FNO2/c1-13-6-2-4-10-19(13)17(21)15-9-8-14(16(18)12-15)7-3-5-11-20/h8-9,12-13,20H,2,4-6,10-11H2,1H3. The molecule has 1 aliphatic heterocycles. The molecule has 1 saturated heterocycles. The summed E-state index contributed by atoms with van der Waals surface area (Å²) in [5.41, 5.74) is 0.626. The number of hydrogen-bond acceptors (Lipinski definition) is 2. The first-order valence-electron chi connectivity index (χ1n) is 7.33. The third kappa shape index (κ3) is 3.83. The van der Waals surface area contributed by atoms with Gasteiger partial charge in [-0.15, -0.1) is 0 Å². The van der Waals surface area contributed by atoms with Crippen LogP contribution in [0.15, 0.2) is 18.2 Å². The number of amides is 1. The van der Waals surface area contributed by atoms with E-state index in [4.69, 9.17) is 5.11 Å². The zero-order valence-corrected chi connectivity index (χ0v) is 12.2. The van der Waals surface area contributed by atoms with Gasteiger partial charge >= 0.3 is 0 Å². The average molecular weight is 289 g/mol. The topological polar surface area (TPSA) is 40.5 Å². The minimum absolute atomic E-state index is 0.0436. The lowest BCUT2D eigenvalue weighted by Gasteiger charge is -2.33. The molecule has 1 fully saturated rings. The molecule has 1 unspecified atom stereocenters. The molecule has 1 aliphatic rings. The fourth-order valence-electron chi connectivity index (χ4n) is 2.53. The largest absolute Gasteiger partial charge is 0.395 e. The monoisotopic (exact) mass is 289 g/mol. The van der Waals surface area contributed by atoms with Crippen LogP contribution in [0.4, 0.5) is 4.39 Å². The second-order valence-corrected chi connectivity index (χ2v) is 5.31. The molecule has 4 heteroatoms. The molecule has 1 amide bonds. The second kappa shape index (κ2) is 7.24. The van der Waals surface area contributed by atoms with E-state index in [9.17, 15) is 9.18 Å². The van der Waals surface area contributed by atoms with Crippen molar-refractivity contribution in [3.63, 3.8) is 0 Å². The highest BCUT2D eigenvalue weighted by atomic mass is 19.1. The highest BCUT2D eigenvalue weighted by molar-refractivity contribution is 5.94. The molecule has 1 N–H and O–H groups in total. The van der Waals surface area contributed by atoms with Crippen LogP contribution in [0.3, 0.4) is 0 Å². The molecule has 0 saturated carbocycles. The van der Waals surface area contributed by atoms with Gasteiger partial charge in [-0.05, 0) is 44.4 Å². The maximum absolute atomic E-state index is 14.0. The predicted molar refractivity (Wildman–Crippen MR) is 79.3 cm³/mol. The predicted octanol–water partition coefficient (Wildman–Crippen LogP) is 2.57. The number of piperidine rings is 1. The van der Waals surface area contributed by atoms with Gasteiger partial charge in [0.2, 0.25) is 0 Å². The molecule has 0 spiro atoms. The minimum atomic E-state index is -0.490.